The van der Waals surface area contributed by atoms with Crippen molar-refractivity contribution in [1.82, 2.24) is 15.5 Å². The van der Waals surface area contributed by atoms with Gasteiger partial charge < -0.3 is 21.3 Å². The first-order valence-electron chi connectivity index (χ1n) is 13.2. The zero-order valence-electron chi connectivity index (χ0n) is 22.4. The summed E-state index contributed by atoms with van der Waals surface area (Å²) < 4.78 is 0. The number of fused-ring (bicyclic) bond motifs is 1. The van der Waals surface area contributed by atoms with Crippen molar-refractivity contribution in [3.63, 3.8) is 0 Å². The third kappa shape index (κ3) is 6.28. The molecule has 2 saturated carbocycles. The van der Waals surface area contributed by atoms with Crippen LogP contribution in [0.15, 0.2) is 24.6 Å². The van der Waals surface area contributed by atoms with E-state index in [1.807, 2.05) is 4.90 Å². The van der Waals surface area contributed by atoms with Gasteiger partial charge in [0, 0.05) is 17.9 Å². The van der Waals surface area contributed by atoms with Crippen molar-refractivity contribution in [3.8, 4) is 0 Å². The molecule has 0 radical (unpaired) electrons. The second kappa shape index (κ2) is 10.4. The van der Waals surface area contributed by atoms with Crippen LogP contribution in [0.5, 0.6) is 0 Å². The maximum Gasteiger partial charge on any atom is 0.286 e. The van der Waals surface area contributed by atoms with Crippen LogP contribution < -0.4 is 16.4 Å². The molecule has 196 valence electrons. The number of nitrogens with zero attached hydrogens (tertiary/aromatic N) is 1. The number of ketones is 1. The van der Waals surface area contributed by atoms with Crippen molar-refractivity contribution in [2.45, 2.75) is 91.6 Å². The summed E-state index contributed by atoms with van der Waals surface area (Å²) in [7, 11) is 0. The number of hydrogen-bond acceptors (Lipinski definition) is 5. The Morgan fingerprint density at radius 2 is 1.74 bits per heavy atom. The number of primary amides is 1. The number of piperidine rings is 1. The molecule has 3 rings (SSSR count). The van der Waals surface area contributed by atoms with Gasteiger partial charge in [-0.1, -0.05) is 67.0 Å². The van der Waals surface area contributed by atoms with E-state index >= 15 is 0 Å². The van der Waals surface area contributed by atoms with Crippen molar-refractivity contribution in [2.24, 2.45) is 34.3 Å². The van der Waals surface area contributed by atoms with Gasteiger partial charge in [0.05, 0.1) is 12.6 Å². The monoisotopic (exact) mass is 486 g/mol. The quantitative estimate of drug-likeness (QED) is 0.388. The van der Waals surface area contributed by atoms with Gasteiger partial charge in [-0.05, 0) is 54.3 Å². The van der Waals surface area contributed by atoms with Crippen LogP contribution in [0.2, 0.25) is 0 Å². The molecular weight excluding hydrogens is 440 g/mol. The predicted octanol–water partition coefficient (Wildman–Crippen LogP) is 3.51. The second-order valence-electron chi connectivity index (χ2n) is 12.7. The number of nitrogens with one attached hydrogen (secondary N) is 2. The van der Waals surface area contributed by atoms with E-state index < -0.39 is 11.7 Å². The molecule has 35 heavy (non-hydrogen) atoms. The summed E-state index contributed by atoms with van der Waals surface area (Å²) >= 11 is 0. The Hall–Kier alpha value is -2.31. The molecule has 1 saturated heterocycles. The summed E-state index contributed by atoms with van der Waals surface area (Å²) in [6, 6.07) is -0.509. The van der Waals surface area contributed by atoms with Gasteiger partial charge in [-0.3, -0.25) is 14.4 Å². The lowest BCUT2D eigenvalue weighted by Crippen LogP contribution is -2.54. The minimum absolute atomic E-state index is 0.103. The van der Waals surface area contributed by atoms with E-state index in [9.17, 15) is 14.4 Å². The van der Waals surface area contributed by atoms with Crippen molar-refractivity contribution in [2.75, 3.05) is 13.1 Å². The van der Waals surface area contributed by atoms with Gasteiger partial charge in [0.1, 0.15) is 6.04 Å². The van der Waals surface area contributed by atoms with Gasteiger partial charge in [-0.2, -0.15) is 0 Å². The highest BCUT2D eigenvalue weighted by Gasteiger charge is 2.68. The first kappa shape index (κ1) is 27.3. The molecule has 1 aliphatic heterocycles. The fourth-order valence-corrected chi connectivity index (χ4v) is 6.14. The Morgan fingerprint density at radius 1 is 1.11 bits per heavy atom. The fraction of sp³-hybridized carbons (Fsp3) is 0.750. The maximum absolute atomic E-state index is 14.1. The molecule has 3 fully saturated rings. The van der Waals surface area contributed by atoms with Crippen LogP contribution in [0.1, 0.15) is 79.6 Å². The number of amides is 2. The smallest absolute Gasteiger partial charge is 0.286 e. The van der Waals surface area contributed by atoms with Crippen LogP contribution in [-0.4, -0.2) is 47.7 Å². The summed E-state index contributed by atoms with van der Waals surface area (Å²) in [4.78, 5) is 39.1. The van der Waals surface area contributed by atoms with E-state index in [0.717, 1.165) is 44.2 Å². The van der Waals surface area contributed by atoms with Crippen molar-refractivity contribution >= 4 is 17.6 Å². The van der Waals surface area contributed by atoms with Gasteiger partial charge in [-0.25, -0.2) is 0 Å². The summed E-state index contributed by atoms with van der Waals surface area (Å²) in [5.74, 6) is -0.587. The van der Waals surface area contributed by atoms with Crippen LogP contribution >= 0.6 is 0 Å². The minimum atomic E-state index is -0.968. The first-order chi connectivity index (χ1) is 16.2. The highest BCUT2D eigenvalue weighted by atomic mass is 16.2. The SMILES string of the molecule is C=C(CCC(C)(C)C)NC(C(=O)N1CC2C(C1C(=C)NCC(=O)C(N)=O)C2(C)C)C1CCCCC1. The zero-order chi connectivity index (χ0) is 26.1. The van der Waals surface area contributed by atoms with Crippen molar-refractivity contribution in [3.05, 3.63) is 24.6 Å². The molecule has 4 N–H and O–H groups in total. The van der Waals surface area contributed by atoms with E-state index in [1.54, 1.807) is 0 Å². The van der Waals surface area contributed by atoms with Crippen LogP contribution in [0.4, 0.5) is 0 Å². The van der Waals surface area contributed by atoms with E-state index in [-0.39, 0.29) is 47.2 Å². The molecule has 0 spiro atoms. The van der Waals surface area contributed by atoms with E-state index in [1.165, 1.54) is 6.42 Å². The number of rotatable bonds is 11. The summed E-state index contributed by atoms with van der Waals surface area (Å²) in [6.45, 7) is 20.1. The molecular formula is C28H46N4O3. The maximum atomic E-state index is 14.1. The van der Waals surface area contributed by atoms with Crippen LogP contribution in [0.25, 0.3) is 0 Å². The Balaban J connectivity index is 1.77. The van der Waals surface area contributed by atoms with Crippen molar-refractivity contribution in [1.29, 1.82) is 0 Å². The predicted molar refractivity (Wildman–Crippen MR) is 139 cm³/mol. The molecule has 7 heteroatoms. The third-order valence-corrected chi connectivity index (χ3v) is 8.52. The normalized spacial score (nSPS) is 26.4. The van der Waals surface area contributed by atoms with E-state index in [4.69, 9.17) is 5.73 Å². The lowest BCUT2D eigenvalue weighted by atomic mass is 9.82. The molecule has 0 aromatic carbocycles. The summed E-state index contributed by atoms with van der Waals surface area (Å²) in [6.07, 6.45) is 7.44. The highest BCUT2D eigenvalue weighted by Crippen LogP contribution is 2.65. The number of Topliss-reactive ketones (excluding diaryl/α,β-unsaturated/α-hetero) is 1. The van der Waals surface area contributed by atoms with Crippen LogP contribution in [-0.2, 0) is 14.4 Å². The molecule has 0 aromatic heterocycles. The highest BCUT2D eigenvalue weighted by molar-refractivity contribution is 6.36. The van der Waals surface area contributed by atoms with Crippen LogP contribution in [0, 0.1) is 28.6 Å². The number of likely N-dealkylation sites (tertiary alicyclic amines) is 1. The molecule has 0 aromatic rings. The lowest BCUT2D eigenvalue weighted by Gasteiger charge is -2.39. The molecule has 7 nitrogen and oxygen atoms in total. The standard InChI is InChI=1S/C28H46N4O3/c1-17(13-14-27(3,4)5)31-23(19-11-9-8-10-12-19)26(35)32-16-20-22(28(20,6)7)24(32)18(2)30-15-21(33)25(29)34/h19-20,22-24,30-31H,1-2,8-16H2,3-7H3,(H2,29,34). The van der Waals surface area contributed by atoms with Gasteiger partial charge in [0.15, 0.2) is 0 Å². The molecule has 0 bridgehead atoms. The average molecular weight is 487 g/mol. The molecule has 2 amide bonds. The van der Waals surface area contributed by atoms with E-state index in [0.29, 0.717) is 18.2 Å². The van der Waals surface area contributed by atoms with Crippen molar-refractivity contribution < 1.29 is 14.4 Å². The Morgan fingerprint density at radius 3 is 2.31 bits per heavy atom. The number of carbonyl (C=O) groups excluding carboxylic acids is 3. The molecule has 4 atom stereocenters. The lowest BCUT2D eigenvalue weighted by molar-refractivity contribution is -0.136. The molecule has 2 aliphatic carbocycles. The molecule has 1 heterocycles. The van der Waals surface area contributed by atoms with Gasteiger partial charge in [-0.15, -0.1) is 0 Å². The number of hydrogen-bond donors (Lipinski definition) is 3. The largest absolute Gasteiger partial charge is 0.379 e. The number of allylic oxidation sites excluding steroid dienone is 1. The Labute approximate surface area is 211 Å². The Bertz CT molecular complexity index is 866. The fourth-order valence-electron chi connectivity index (χ4n) is 6.14. The minimum Gasteiger partial charge on any atom is -0.379 e. The number of carbonyl (C=O) groups is 3. The van der Waals surface area contributed by atoms with Crippen LogP contribution in [0.3, 0.4) is 0 Å². The van der Waals surface area contributed by atoms with E-state index in [2.05, 4.69) is 58.4 Å². The topological polar surface area (TPSA) is 105 Å². The zero-order valence-corrected chi connectivity index (χ0v) is 22.4. The second-order valence-corrected chi connectivity index (χ2v) is 12.7. The van der Waals surface area contributed by atoms with Gasteiger partial charge in [0.25, 0.3) is 5.91 Å². The first-order valence-corrected chi connectivity index (χ1v) is 13.2. The molecule has 4 unspecified atom stereocenters. The number of nitrogens with two attached hydrogens (primary N) is 1. The van der Waals surface area contributed by atoms with Gasteiger partial charge >= 0.3 is 0 Å². The average Bonchev–Trinajstić information content (AvgIpc) is 3.11. The third-order valence-electron chi connectivity index (χ3n) is 8.52. The molecule has 3 aliphatic rings. The summed E-state index contributed by atoms with van der Waals surface area (Å²) in [5, 5.41) is 6.56. The van der Waals surface area contributed by atoms with Gasteiger partial charge in [0.2, 0.25) is 11.7 Å². The Kier molecular flexibility index (Phi) is 8.07. The summed E-state index contributed by atoms with van der Waals surface area (Å²) in [5.41, 5.74) is 6.96.